The number of methoxy groups -OCH3 is 1. The number of fused-ring (bicyclic) bond motifs is 1. The Hall–Kier alpha value is -4.44. The monoisotopic (exact) mass is 504 g/mol. The Bertz CT molecular complexity index is 1680. The molecular weight excluding hydrogens is 486 g/mol. The van der Waals surface area contributed by atoms with Gasteiger partial charge < -0.3 is 4.74 Å². The van der Waals surface area contributed by atoms with Crippen molar-refractivity contribution in [2.24, 2.45) is 0 Å². The molecule has 5 rings (SSSR count). The maximum Gasteiger partial charge on any atom is 0.263 e. The van der Waals surface area contributed by atoms with Crippen LogP contribution in [0.15, 0.2) is 90.3 Å². The number of hydrogen-bond acceptors (Lipinski definition) is 6. The Labute approximate surface area is 205 Å². The summed E-state index contributed by atoms with van der Waals surface area (Å²) in [6, 6.07) is 16.3. The van der Waals surface area contributed by atoms with E-state index in [9.17, 15) is 17.2 Å². The minimum atomic E-state index is -3.90. The summed E-state index contributed by atoms with van der Waals surface area (Å²) >= 11 is 0. The van der Waals surface area contributed by atoms with Gasteiger partial charge in [0.15, 0.2) is 0 Å². The highest BCUT2D eigenvalue weighted by Crippen LogP contribution is 2.38. The number of rotatable bonds is 6. The summed E-state index contributed by atoms with van der Waals surface area (Å²) in [6.45, 7) is 0. The Morgan fingerprint density at radius 1 is 0.889 bits per heavy atom. The van der Waals surface area contributed by atoms with Gasteiger partial charge in [0.1, 0.15) is 29.5 Å². The van der Waals surface area contributed by atoms with Crippen LogP contribution in [0.5, 0.6) is 5.75 Å². The van der Waals surface area contributed by atoms with Crippen molar-refractivity contribution in [2.75, 3.05) is 11.8 Å². The molecule has 0 spiro atoms. The lowest BCUT2D eigenvalue weighted by Gasteiger charge is -2.14. The van der Waals surface area contributed by atoms with Crippen molar-refractivity contribution in [3.63, 3.8) is 0 Å². The standard InChI is InChI=1S/C26H18F2N4O3S/c1-35-23-14-17(25-21(27)3-2-4-22(25)28)5-7-20(23)26-19-8-6-18(13-16(19)9-12-30-26)36(33,34)32-24-10-11-29-15-31-24/h2-15H,1H3,(H,29,31,32). The van der Waals surface area contributed by atoms with Crippen LogP contribution >= 0.6 is 0 Å². The number of aromatic nitrogens is 3. The molecule has 0 aliphatic heterocycles. The summed E-state index contributed by atoms with van der Waals surface area (Å²) in [6.07, 6.45) is 4.23. The third kappa shape index (κ3) is 4.34. The molecule has 1 N–H and O–H groups in total. The van der Waals surface area contributed by atoms with Gasteiger partial charge in [-0.25, -0.2) is 27.2 Å². The first-order valence-electron chi connectivity index (χ1n) is 10.7. The highest BCUT2D eigenvalue weighted by Gasteiger charge is 2.19. The Morgan fingerprint density at radius 2 is 1.69 bits per heavy atom. The Kier molecular flexibility index (Phi) is 6.03. The van der Waals surface area contributed by atoms with Gasteiger partial charge >= 0.3 is 0 Å². The van der Waals surface area contributed by atoms with Gasteiger partial charge in [-0.15, -0.1) is 0 Å². The van der Waals surface area contributed by atoms with Crippen molar-refractivity contribution in [2.45, 2.75) is 4.90 Å². The predicted octanol–water partition coefficient (Wildman–Crippen LogP) is 5.45. The second-order valence-electron chi connectivity index (χ2n) is 7.75. The number of sulfonamides is 1. The van der Waals surface area contributed by atoms with Crippen LogP contribution in [-0.4, -0.2) is 30.5 Å². The van der Waals surface area contributed by atoms with E-state index in [4.69, 9.17) is 4.74 Å². The summed E-state index contributed by atoms with van der Waals surface area (Å²) in [5.74, 6) is -0.858. The van der Waals surface area contributed by atoms with Gasteiger partial charge in [-0.2, -0.15) is 0 Å². The second-order valence-corrected chi connectivity index (χ2v) is 9.44. The minimum absolute atomic E-state index is 0.0445. The van der Waals surface area contributed by atoms with Crippen molar-refractivity contribution in [1.82, 2.24) is 15.0 Å². The molecule has 2 aromatic heterocycles. The molecule has 0 bridgehead atoms. The maximum atomic E-state index is 14.3. The van der Waals surface area contributed by atoms with E-state index < -0.39 is 21.7 Å². The Morgan fingerprint density at radius 3 is 2.42 bits per heavy atom. The first kappa shape index (κ1) is 23.3. The van der Waals surface area contributed by atoms with Gasteiger partial charge in [-0.05, 0) is 59.5 Å². The first-order chi connectivity index (χ1) is 17.4. The lowest BCUT2D eigenvalue weighted by Crippen LogP contribution is -2.13. The Balaban J connectivity index is 1.57. The van der Waals surface area contributed by atoms with E-state index in [1.165, 1.54) is 56.0 Å². The molecule has 5 aromatic rings. The van der Waals surface area contributed by atoms with Gasteiger partial charge in [0, 0.05) is 23.3 Å². The van der Waals surface area contributed by atoms with Crippen LogP contribution < -0.4 is 9.46 Å². The zero-order chi connectivity index (χ0) is 25.3. The van der Waals surface area contributed by atoms with Crippen molar-refractivity contribution >= 4 is 26.6 Å². The van der Waals surface area contributed by atoms with Crippen LogP contribution in [0.4, 0.5) is 14.6 Å². The quantitative estimate of drug-likeness (QED) is 0.331. The number of nitrogens with zero attached hydrogens (tertiary/aromatic N) is 3. The summed E-state index contributed by atoms with van der Waals surface area (Å²) < 4.78 is 62.3. The van der Waals surface area contributed by atoms with Crippen molar-refractivity contribution in [3.05, 3.63) is 97.1 Å². The van der Waals surface area contributed by atoms with E-state index >= 15 is 0 Å². The van der Waals surface area contributed by atoms with Crippen LogP contribution in [-0.2, 0) is 10.0 Å². The molecule has 10 heteroatoms. The summed E-state index contributed by atoms with van der Waals surface area (Å²) in [5, 5.41) is 1.29. The van der Waals surface area contributed by atoms with E-state index in [2.05, 4.69) is 19.7 Å². The van der Waals surface area contributed by atoms with E-state index in [-0.39, 0.29) is 16.3 Å². The van der Waals surface area contributed by atoms with Crippen LogP contribution in [0.3, 0.4) is 0 Å². The fourth-order valence-electron chi connectivity index (χ4n) is 3.90. The molecular formula is C26H18F2N4O3S. The lowest BCUT2D eigenvalue weighted by atomic mass is 9.98. The van der Waals surface area contributed by atoms with Crippen LogP contribution in [0, 0.1) is 11.6 Å². The maximum absolute atomic E-state index is 14.3. The SMILES string of the molecule is COc1cc(-c2c(F)cccc2F)ccc1-c1nccc2cc(S(=O)(=O)Nc3ccncn3)ccc12. The van der Waals surface area contributed by atoms with Crippen LogP contribution in [0.25, 0.3) is 33.2 Å². The van der Waals surface area contributed by atoms with E-state index in [0.29, 0.717) is 33.3 Å². The third-order valence-corrected chi connectivity index (χ3v) is 6.93. The summed E-state index contributed by atoms with van der Waals surface area (Å²) in [4.78, 5) is 12.2. The molecule has 0 fully saturated rings. The zero-order valence-corrected chi connectivity index (χ0v) is 19.6. The van der Waals surface area contributed by atoms with E-state index in [1.807, 2.05) is 0 Å². The molecule has 0 aliphatic rings. The van der Waals surface area contributed by atoms with Crippen molar-refractivity contribution < 1.29 is 21.9 Å². The smallest absolute Gasteiger partial charge is 0.263 e. The molecule has 7 nitrogen and oxygen atoms in total. The van der Waals surface area contributed by atoms with Crippen LogP contribution in [0.2, 0.25) is 0 Å². The molecule has 2 heterocycles. The largest absolute Gasteiger partial charge is 0.496 e. The van der Waals surface area contributed by atoms with E-state index in [0.717, 1.165) is 0 Å². The molecule has 3 aromatic carbocycles. The molecule has 0 unspecified atom stereocenters. The zero-order valence-electron chi connectivity index (χ0n) is 18.8. The van der Waals surface area contributed by atoms with Gasteiger partial charge in [0.25, 0.3) is 10.0 Å². The molecule has 0 saturated carbocycles. The number of anilines is 1. The number of ether oxygens (including phenoxy) is 1. The molecule has 36 heavy (non-hydrogen) atoms. The second kappa shape index (κ2) is 9.31. The average molecular weight is 505 g/mol. The third-order valence-electron chi connectivity index (χ3n) is 5.58. The topological polar surface area (TPSA) is 94.1 Å². The number of pyridine rings is 1. The molecule has 0 saturated heterocycles. The molecule has 0 aliphatic carbocycles. The number of nitrogens with one attached hydrogen (secondary N) is 1. The lowest BCUT2D eigenvalue weighted by molar-refractivity contribution is 0.416. The normalized spacial score (nSPS) is 11.4. The highest BCUT2D eigenvalue weighted by atomic mass is 32.2. The van der Waals surface area contributed by atoms with Gasteiger partial charge in [0.05, 0.1) is 23.3 Å². The summed E-state index contributed by atoms with van der Waals surface area (Å²) in [7, 11) is -2.44. The highest BCUT2D eigenvalue weighted by molar-refractivity contribution is 7.92. The molecule has 0 atom stereocenters. The van der Waals surface area contributed by atoms with Gasteiger partial charge in [-0.1, -0.05) is 18.2 Å². The summed E-state index contributed by atoms with van der Waals surface area (Å²) in [5.41, 5.74) is 1.27. The number of halogens is 2. The van der Waals surface area contributed by atoms with Gasteiger partial charge in [0.2, 0.25) is 0 Å². The fourth-order valence-corrected chi connectivity index (χ4v) is 4.94. The molecule has 0 radical (unpaired) electrons. The van der Waals surface area contributed by atoms with Crippen molar-refractivity contribution in [1.29, 1.82) is 0 Å². The fraction of sp³-hybridized carbons (Fsp3) is 0.0385. The van der Waals surface area contributed by atoms with Crippen molar-refractivity contribution in [3.8, 4) is 28.1 Å². The molecule has 0 amide bonds. The predicted molar refractivity (Wildman–Crippen MR) is 132 cm³/mol. The average Bonchev–Trinajstić information content (AvgIpc) is 2.88. The van der Waals surface area contributed by atoms with Crippen LogP contribution in [0.1, 0.15) is 0 Å². The first-order valence-corrected chi connectivity index (χ1v) is 12.2. The van der Waals surface area contributed by atoms with E-state index in [1.54, 1.807) is 36.5 Å². The number of benzene rings is 3. The minimum Gasteiger partial charge on any atom is -0.496 e. The number of hydrogen-bond donors (Lipinski definition) is 1. The molecule has 180 valence electrons. The van der Waals surface area contributed by atoms with Gasteiger partial charge in [-0.3, -0.25) is 9.71 Å².